The molecule has 118 valence electrons. The Morgan fingerprint density at radius 3 is 2.48 bits per heavy atom. The van der Waals surface area contributed by atoms with Crippen LogP contribution in [0.15, 0.2) is 42.6 Å². The number of aromatic nitrogens is 1. The highest BCUT2D eigenvalue weighted by Gasteiger charge is 2.17. The summed E-state index contributed by atoms with van der Waals surface area (Å²) < 4.78 is 0. The molecule has 0 fully saturated rings. The van der Waals surface area contributed by atoms with Crippen molar-refractivity contribution in [1.29, 1.82) is 0 Å². The molecule has 2 aromatic carbocycles. The zero-order valence-corrected chi connectivity index (χ0v) is 12.4. The lowest BCUT2D eigenvalue weighted by molar-refractivity contribution is 0.0975. The number of fused-ring (bicyclic) bond motifs is 1. The number of H-pyrrole nitrogens is 1. The van der Waals surface area contributed by atoms with Gasteiger partial charge in [-0.1, -0.05) is 18.2 Å². The van der Waals surface area contributed by atoms with Crippen molar-refractivity contribution in [2.24, 2.45) is 0 Å². The minimum atomic E-state index is -0.403. The van der Waals surface area contributed by atoms with Gasteiger partial charge in [-0.05, 0) is 24.5 Å². The van der Waals surface area contributed by atoms with E-state index in [2.05, 4.69) is 4.98 Å². The number of rotatable bonds is 5. The Labute approximate surface area is 132 Å². The molecule has 5 heteroatoms. The highest BCUT2D eigenvalue weighted by Crippen LogP contribution is 2.33. The lowest BCUT2D eigenvalue weighted by Crippen LogP contribution is -2.01. The largest absolute Gasteiger partial charge is 0.508 e. The van der Waals surface area contributed by atoms with E-state index in [4.69, 9.17) is 0 Å². The highest BCUT2D eigenvalue weighted by atomic mass is 16.3. The van der Waals surface area contributed by atoms with Gasteiger partial charge in [0.25, 0.3) is 0 Å². The number of carbonyl (C=O) groups excluding carboxylic acids is 1. The number of Topliss-reactive ketones (excluding diaryl/α,β-unsaturated/α-hetero) is 1. The first-order valence-corrected chi connectivity index (χ1v) is 7.39. The quantitative estimate of drug-likeness (QED) is 0.543. The number of carbonyl (C=O) groups is 1. The Balaban J connectivity index is 1.68. The minimum Gasteiger partial charge on any atom is -0.508 e. The number of hydrogen-bond donors (Lipinski definition) is 4. The second kappa shape index (κ2) is 6.04. The molecule has 5 nitrogen and oxygen atoms in total. The molecule has 0 unspecified atom stereocenters. The summed E-state index contributed by atoms with van der Waals surface area (Å²) >= 11 is 0. The zero-order valence-electron chi connectivity index (χ0n) is 12.4. The van der Waals surface area contributed by atoms with Gasteiger partial charge in [0.2, 0.25) is 0 Å². The molecular weight excluding hydrogens is 294 g/mol. The monoisotopic (exact) mass is 311 g/mol. The van der Waals surface area contributed by atoms with Gasteiger partial charge in [-0.3, -0.25) is 4.79 Å². The number of phenolic OH excluding ortho intramolecular Hbond substituents is 3. The van der Waals surface area contributed by atoms with Gasteiger partial charge < -0.3 is 20.3 Å². The predicted molar refractivity (Wildman–Crippen MR) is 87.0 cm³/mol. The van der Waals surface area contributed by atoms with E-state index >= 15 is 0 Å². The average molecular weight is 311 g/mol. The molecule has 0 spiro atoms. The molecular formula is C18H17NO4. The van der Waals surface area contributed by atoms with E-state index in [0.29, 0.717) is 6.42 Å². The third-order valence-corrected chi connectivity index (χ3v) is 3.89. The third kappa shape index (κ3) is 2.99. The summed E-state index contributed by atoms with van der Waals surface area (Å²) in [5.41, 5.74) is 2.05. The van der Waals surface area contributed by atoms with Crippen LogP contribution in [0.4, 0.5) is 0 Å². The van der Waals surface area contributed by atoms with Gasteiger partial charge in [0, 0.05) is 35.7 Å². The summed E-state index contributed by atoms with van der Waals surface area (Å²) in [4.78, 5) is 15.4. The molecule has 4 N–H and O–H groups in total. The molecule has 0 bridgehead atoms. The standard InChI is InChI=1S/C18H17NO4/c20-12-8-16(22)18(17(23)9-12)15(21)7-3-4-11-10-19-14-6-2-1-5-13(11)14/h1-2,5-6,8-10,19-20,22-23H,3-4,7H2. The summed E-state index contributed by atoms with van der Waals surface area (Å²) in [5.74, 6) is -1.44. The van der Waals surface area contributed by atoms with E-state index in [9.17, 15) is 20.1 Å². The van der Waals surface area contributed by atoms with E-state index in [1.807, 2.05) is 30.5 Å². The molecule has 23 heavy (non-hydrogen) atoms. The number of ketones is 1. The summed E-state index contributed by atoms with van der Waals surface area (Å²) in [6, 6.07) is 10.1. The van der Waals surface area contributed by atoms with E-state index in [1.165, 1.54) is 0 Å². The second-order valence-electron chi connectivity index (χ2n) is 5.50. The van der Waals surface area contributed by atoms with Crippen LogP contribution in [0.1, 0.15) is 28.8 Å². The van der Waals surface area contributed by atoms with Crippen LogP contribution in [-0.4, -0.2) is 26.1 Å². The van der Waals surface area contributed by atoms with Crippen molar-refractivity contribution in [3.05, 3.63) is 53.7 Å². The van der Waals surface area contributed by atoms with Gasteiger partial charge in [0.1, 0.15) is 22.8 Å². The molecule has 1 heterocycles. The fourth-order valence-corrected chi connectivity index (χ4v) is 2.79. The number of aromatic amines is 1. The lowest BCUT2D eigenvalue weighted by Gasteiger charge is -2.07. The van der Waals surface area contributed by atoms with Crippen LogP contribution in [0.3, 0.4) is 0 Å². The van der Waals surface area contributed by atoms with Crippen LogP contribution >= 0.6 is 0 Å². The number of nitrogens with one attached hydrogen (secondary N) is 1. The van der Waals surface area contributed by atoms with Crippen molar-refractivity contribution in [2.45, 2.75) is 19.3 Å². The molecule has 3 rings (SSSR count). The van der Waals surface area contributed by atoms with Gasteiger partial charge in [-0.2, -0.15) is 0 Å². The SMILES string of the molecule is O=C(CCCc1c[nH]c2ccccc12)c1c(O)cc(O)cc1O. The Hall–Kier alpha value is -2.95. The third-order valence-electron chi connectivity index (χ3n) is 3.89. The summed E-state index contributed by atoms with van der Waals surface area (Å²) in [5, 5.41) is 29.8. The topological polar surface area (TPSA) is 93.6 Å². The van der Waals surface area contributed by atoms with Crippen molar-refractivity contribution >= 4 is 16.7 Å². The van der Waals surface area contributed by atoms with Crippen LogP contribution in [0.2, 0.25) is 0 Å². The zero-order chi connectivity index (χ0) is 16.4. The molecule has 0 aliphatic heterocycles. The summed E-state index contributed by atoms with van der Waals surface area (Å²) in [6.07, 6.45) is 3.45. The van der Waals surface area contributed by atoms with Crippen LogP contribution < -0.4 is 0 Å². The van der Waals surface area contributed by atoms with Crippen LogP contribution in [-0.2, 0) is 6.42 Å². The Morgan fingerprint density at radius 1 is 1.04 bits per heavy atom. The molecule has 0 saturated heterocycles. The second-order valence-corrected chi connectivity index (χ2v) is 5.50. The van der Waals surface area contributed by atoms with Gasteiger partial charge in [-0.15, -0.1) is 0 Å². The van der Waals surface area contributed by atoms with E-state index in [0.717, 1.165) is 35.0 Å². The van der Waals surface area contributed by atoms with Crippen LogP contribution in [0.5, 0.6) is 17.2 Å². The maximum absolute atomic E-state index is 12.2. The van der Waals surface area contributed by atoms with Crippen LogP contribution in [0.25, 0.3) is 10.9 Å². The number of hydrogen-bond acceptors (Lipinski definition) is 4. The van der Waals surface area contributed by atoms with Gasteiger partial charge in [-0.25, -0.2) is 0 Å². The first-order chi connectivity index (χ1) is 11.1. The van der Waals surface area contributed by atoms with Gasteiger partial charge in [0.15, 0.2) is 5.78 Å². The number of aromatic hydroxyl groups is 3. The molecule has 0 amide bonds. The molecule has 3 aromatic rings. The molecule has 1 aromatic heterocycles. The molecule has 0 radical (unpaired) electrons. The van der Waals surface area contributed by atoms with E-state index in [-0.39, 0.29) is 23.5 Å². The predicted octanol–water partition coefficient (Wildman–Crippen LogP) is 3.49. The first kappa shape index (κ1) is 15.0. The fraction of sp³-hybridized carbons (Fsp3) is 0.167. The molecule has 0 aliphatic carbocycles. The van der Waals surface area contributed by atoms with Crippen LogP contribution in [0, 0.1) is 0 Å². The van der Waals surface area contributed by atoms with Crippen molar-refractivity contribution in [3.8, 4) is 17.2 Å². The molecule has 0 atom stereocenters. The van der Waals surface area contributed by atoms with Crippen molar-refractivity contribution in [2.75, 3.05) is 0 Å². The van der Waals surface area contributed by atoms with Crippen molar-refractivity contribution in [3.63, 3.8) is 0 Å². The smallest absolute Gasteiger partial charge is 0.170 e. The van der Waals surface area contributed by atoms with Crippen molar-refractivity contribution in [1.82, 2.24) is 4.98 Å². The van der Waals surface area contributed by atoms with Gasteiger partial charge in [0.05, 0.1) is 0 Å². The van der Waals surface area contributed by atoms with E-state index in [1.54, 1.807) is 0 Å². The highest BCUT2D eigenvalue weighted by molar-refractivity contribution is 6.01. The lowest BCUT2D eigenvalue weighted by atomic mass is 10.0. The van der Waals surface area contributed by atoms with Crippen molar-refractivity contribution < 1.29 is 20.1 Å². The summed E-state index contributed by atoms with van der Waals surface area (Å²) in [6.45, 7) is 0. The Bertz CT molecular complexity index is 843. The average Bonchev–Trinajstić information content (AvgIpc) is 2.90. The maximum Gasteiger partial charge on any atom is 0.170 e. The summed E-state index contributed by atoms with van der Waals surface area (Å²) in [7, 11) is 0. The Kier molecular flexibility index (Phi) is 3.93. The number of para-hydroxylation sites is 1. The number of benzene rings is 2. The fourth-order valence-electron chi connectivity index (χ4n) is 2.79. The van der Waals surface area contributed by atoms with E-state index < -0.39 is 11.5 Å². The minimum absolute atomic E-state index is 0.137. The number of aryl methyl sites for hydroxylation is 1. The Morgan fingerprint density at radius 2 is 1.74 bits per heavy atom. The number of phenols is 3. The molecule has 0 aliphatic rings. The first-order valence-electron chi connectivity index (χ1n) is 7.39. The molecule has 0 saturated carbocycles. The van der Waals surface area contributed by atoms with Gasteiger partial charge >= 0.3 is 0 Å². The maximum atomic E-state index is 12.2. The normalized spacial score (nSPS) is 11.0.